The fourth-order valence-corrected chi connectivity index (χ4v) is 5.23. The van der Waals surface area contributed by atoms with Crippen LogP contribution in [0, 0.1) is 0 Å². The number of nitrogens with zero attached hydrogens (tertiary/aromatic N) is 2. The zero-order valence-corrected chi connectivity index (χ0v) is 27.2. The highest BCUT2D eigenvalue weighted by Gasteiger charge is 2.29. The summed E-state index contributed by atoms with van der Waals surface area (Å²) in [6.45, 7) is 9.72. The quantitative estimate of drug-likeness (QED) is 0.233. The van der Waals surface area contributed by atoms with Gasteiger partial charge >= 0.3 is 6.09 Å². The molecule has 0 aliphatic carbocycles. The standard InChI is InChI=1S/C35H45N3O4S/c1-34(2,3)42-33(41)36-35(4,5)22-11-16-31(39)38(7)30(32(40)37(6)23-21-29-15-12-24-43-29)25-26-17-19-28(20-18-26)27-13-9-8-10-14-27/h8-20,24,30H,21-23,25H2,1-7H3,(H,36,41)/b16-11+. The van der Waals surface area contributed by atoms with Crippen LogP contribution in [0.25, 0.3) is 11.1 Å². The molecule has 3 amide bonds. The second-order valence-corrected chi connectivity index (χ2v) is 13.5. The highest BCUT2D eigenvalue weighted by atomic mass is 32.1. The minimum atomic E-state index is -0.680. The number of rotatable bonds is 12. The minimum absolute atomic E-state index is 0.111. The first-order valence-corrected chi connectivity index (χ1v) is 15.5. The van der Waals surface area contributed by atoms with Crippen molar-refractivity contribution in [2.75, 3.05) is 20.6 Å². The van der Waals surface area contributed by atoms with E-state index in [9.17, 15) is 14.4 Å². The average molecular weight is 604 g/mol. The molecule has 0 bridgehead atoms. The van der Waals surface area contributed by atoms with Crippen LogP contribution in [0.5, 0.6) is 0 Å². The summed E-state index contributed by atoms with van der Waals surface area (Å²) in [7, 11) is 3.46. The molecular weight excluding hydrogens is 558 g/mol. The first kappa shape index (κ1) is 33.6. The van der Waals surface area contributed by atoms with Gasteiger partial charge in [-0.05, 0) is 81.7 Å². The van der Waals surface area contributed by atoms with Gasteiger partial charge in [0.2, 0.25) is 11.8 Å². The lowest BCUT2D eigenvalue weighted by atomic mass is 9.99. The molecule has 43 heavy (non-hydrogen) atoms. The van der Waals surface area contributed by atoms with E-state index in [1.54, 1.807) is 36.4 Å². The Labute approximate surface area is 260 Å². The van der Waals surface area contributed by atoms with Crippen LogP contribution < -0.4 is 5.32 Å². The van der Waals surface area contributed by atoms with Crippen molar-refractivity contribution in [1.29, 1.82) is 0 Å². The second-order valence-electron chi connectivity index (χ2n) is 12.4. The Balaban J connectivity index is 1.72. The molecule has 2 aromatic carbocycles. The van der Waals surface area contributed by atoms with Crippen LogP contribution in [0.1, 0.15) is 51.5 Å². The number of thiophene rings is 1. The van der Waals surface area contributed by atoms with Crippen molar-refractivity contribution >= 4 is 29.2 Å². The monoisotopic (exact) mass is 603 g/mol. The Morgan fingerprint density at radius 1 is 0.907 bits per heavy atom. The van der Waals surface area contributed by atoms with Gasteiger partial charge in [0.1, 0.15) is 11.6 Å². The Morgan fingerprint density at radius 2 is 1.56 bits per heavy atom. The van der Waals surface area contributed by atoms with E-state index >= 15 is 0 Å². The number of ether oxygens (including phenoxy) is 1. The topological polar surface area (TPSA) is 79.0 Å². The summed E-state index contributed by atoms with van der Waals surface area (Å²) in [6.07, 6.45) is 4.25. The third-order valence-electron chi connectivity index (χ3n) is 6.97. The van der Waals surface area contributed by atoms with E-state index in [1.165, 1.54) is 15.9 Å². The molecule has 0 saturated carbocycles. The first-order valence-electron chi connectivity index (χ1n) is 14.6. The summed E-state index contributed by atoms with van der Waals surface area (Å²) in [5.41, 5.74) is 1.95. The molecule has 1 heterocycles. The fourth-order valence-electron chi connectivity index (χ4n) is 4.53. The maximum Gasteiger partial charge on any atom is 0.408 e. The zero-order valence-electron chi connectivity index (χ0n) is 26.4. The van der Waals surface area contributed by atoms with Gasteiger partial charge in [-0.2, -0.15) is 0 Å². The number of benzene rings is 2. The van der Waals surface area contributed by atoms with Crippen LogP contribution in [0.2, 0.25) is 0 Å². The lowest BCUT2D eigenvalue weighted by molar-refractivity contribution is -0.141. The molecule has 0 spiro atoms. The lowest BCUT2D eigenvalue weighted by Gasteiger charge is -2.31. The molecule has 0 aliphatic heterocycles. The van der Waals surface area contributed by atoms with Gasteiger partial charge in [-0.15, -0.1) is 11.3 Å². The van der Waals surface area contributed by atoms with E-state index in [4.69, 9.17) is 4.74 Å². The van der Waals surface area contributed by atoms with Gasteiger partial charge in [0.05, 0.1) is 0 Å². The number of hydrogen-bond donors (Lipinski definition) is 1. The zero-order chi connectivity index (χ0) is 31.6. The van der Waals surface area contributed by atoms with Crippen LogP contribution in [-0.2, 0) is 27.2 Å². The van der Waals surface area contributed by atoms with Crippen LogP contribution in [0.3, 0.4) is 0 Å². The van der Waals surface area contributed by atoms with Gasteiger partial charge < -0.3 is 19.9 Å². The van der Waals surface area contributed by atoms with Gasteiger partial charge in [-0.25, -0.2) is 4.79 Å². The molecule has 1 unspecified atom stereocenters. The predicted molar refractivity (Wildman–Crippen MR) is 175 cm³/mol. The molecule has 0 radical (unpaired) electrons. The number of amides is 3. The summed E-state index contributed by atoms with van der Waals surface area (Å²) in [4.78, 5) is 43.8. The number of nitrogens with one attached hydrogen (secondary N) is 1. The van der Waals surface area contributed by atoms with Gasteiger partial charge in [0, 0.05) is 37.5 Å². The van der Waals surface area contributed by atoms with Crippen LogP contribution in [0.4, 0.5) is 4.79 Å². The molecular formula is C35H45N3O4S. The van der Waals surface area contributed by atoms with Crippen molar-refractivity contribution in [2.24, 2.45) is 0 Å². The lowest BCUT2D eigenvalue weighted by Crippen LogP contribution is -2.49. The van der Waals surface area contributed by atoms with E-state index in [2.05, 4.69) is 23.5 Å². The van der Waals surface area contributed by atoms with Crippen LogP contribution >= 0.6 is 11.3 Å². The van der Waals surface area contributed by atoms with E-state index in [1.807, 2.05) is 88.5 Å². The van der Waals surface area contributed by atoms with Crippen molar-refractivity contribution < 1.29 is 19.1 Å². The Kier molecular flexibility index (Phi) is 11.7. The molecule has 1 N–H and O–H groups in total. The SMILES string of the molecule is CN(CCc1cccs1)C(=O)C(Cc1ccc(-c2ccccc2)cc1)N(C)C(=O)/C=C/CC(C)(C)NC(=O)OC(C)(C)C. The molecule has 3 rings (SSSR count). The van der Waals surface area contributed by atoms with Gasteiger partial charge in [-0.3, -0.25) is 9.59 Å². The fraction of sp³-hybridized carbons (Fsp3) is 0.400. The first-order chi connectivity index (χ1) is 20.2. The Morgan fingerprint density at radius 3 is 2.16 bits per heavy atom. The predicted octanol–water partition coefficient (Wildman–Crippen LogP) is 6.74. The van der Waals surface area contributed by atoms with E-state index in [-0.39, 0.29) is 11.8 Å². The summed E-state index contributed by atoms with van der Waals surface area (Å²) in [6, 6.07) is 21.7. The van der Waals surface area contributed by atoms with Gasteiger partial charge in [-0.1, -0.05) is 66.7 Å². The van der Waals surface area contributed by atoms with E-state index in [0.717, 1.165) is 23.1 Å². The van der Waals surface area contributed by atoms with Crippen LogP contribution in [-0.4, -0.2) is 65.5 Å². The highest BCUT2D eigenvalue weighted by Crippen LogP contribution is 2.21. The number of hydrogen-bond acceptors (Lipinski definition) is 5. The normalized spacial score (nSPS) is 12.5. The number of carbonyl (C=O) groups excluding carboxylic acids is 3. The summed E-state index contributed by atoms with van der Waals surface area (Å²) < 4.78 is 5.36. The second kappa shape index (κ2) is 15.0. The maximum atomic E-state index is 13.8. The number of likely N-dealkylation sites (N-methyl/N-ethyl adjacent to an activating group) is 2. The molecule has 1 atom stereocenters. The summed E-state index contributed by atoms with van der Waals surface area (Å²) in [5, 5.41) is 4.88. The number of carbonyl (C=O) groups is 3. The van der Waals surface area contributed by atoms with Gasteiger partial charge in [0.15, 0.2) is 0 Å². The Bertz CT molecular complexity index is 1360. The summed E-state index contributed by atoms with van der Waals surface area (Å²) >= 11 is 1.67. The van der Waals surface area contributed by atoms with Crippen molar-refractivity contribution in [3.05, 3.63) is 94.7 Å². The molecule has 1 aromatic heterocycles. The molecule has 0 aliphatic rings. The smallest absolute Gasteiger partial charge is 0.408 e. The van der Waals surface area contributed by atoms with Crippen molar-refractivity contribution in [3.8, 4) is 11.1 Å². The van der Waals surface area contributed by atoms with Crippen molar-refractivity contribution in [1.82, 2.24) is 15.1 Å². The minimum Gasteiger partial charge on any atom is -0.444 e. The molecule has 0 saturated heterocycles. The molecule has 8 heteroatoms. The third-order valence-corrected chi connectivity index (χ3v) is 7.90. The van der Waals surface area contributed by atoms with Crippen molar-refractivity contribution in [2.45, 2.75) is 71.1 Å². The van der Waals surface area contributed by atoms with Crippen molar-refractivity contribution in [3.63, 3.8) is 0 Å². The third kappa shape index (κ3) is 11.0. The average Bonchev–Trinajstić information content (AvgIpc) is 3.47. The Hall–Kier alpha value is -3.91. The molecule has 3 aromatic rings. The molecule has 0 fully saturated rings. The van der Waals surface area contributed by atoms with Crippen LogP contribution in [0.15, 0.2) is 84.3 Å². The number of alkyl carbamates (subject to hydrolysis) is 1. The highest BCUT2D eigenvalue weighted by molar-refractivity contribution is 7.09. The molecule has 7 nitrogen and oxygen atoms in total. The summed E-state index contributed by atoms with van der Waals surface area (Å²) in [5.74, 6) is -0.390. The largest absolute Gasteiger partial charge is 0.444 e. The maximum absolute atomic E-state index is 13.8. The van der Waals surface area contributed by atoms with Gasteiger partial charge in [0.25, 0.3) is 0 Å². The molecule has 230 valence electrons. The van der Waals surface area contributed by atoms with E-state index < -0.39 is 23.3 Å². The van der Waals surface area contributed by atoms with E-state index in [0.29, 0.717) is 19.4 Å².